The second-order valence-corrected chi connectivity index (χ2v) is 7.64. The van der Waals surface area contributed by atoms with E-state index in [9.17, 15) is 18.0 Å². The van der Waals surface area contributed by atoms with Gasteiger partial charge in [-0.15, -0.1) is 0 Å². The van der Waals surface area contributed by atoms with E-state index >= 15 is 0 Å². The summed E-state index contributed by atoms with van der Waals surface area (Å²) in [7, 11) is -3.25. The number of benzene rings is 1. The molecule has 0 radical (unpaired) electrons. The molecule has 0 atom stereocenters. The summed E-state index contributed by atoms with van der Waals surface area (Å²) in [4.78, 5) is 23.1. The van der Waals surface area contributed by atoms with Gasteiger partial charge in [0.2, 0.25) is 15.9 Å². The molecule has 2 rings (SSSR count). The Hall–Kier alpha value is -2.13. The van der Waals surface area contributed by atoms with Crippen molar-refractivity contribution in [1.82, 2.24) is 4.31 Å². The van der Waals surface area contributed by atoms with Crippen LogP contribution in [0.3, 0.4) is 0 Å². The summed E-state index contributed by atoms with van der Waals surface area (Å²) in [5.74, 6) is -1.49. The van der Waals surface area contributed by atoms with Gasteiger partial charge in [0.15, 0.2) is 0 Å². The van der Waals surface area contributed by atoms with Crippen LogP contribution in [0.4, 0.5) is 5.69 Å². The Kier molecular flexibility index (Phi) is 4.62. The van der Waals surface area contributed by atoms with Crippen LogP contribution in [-0.4, -0.2) is 43.9 Å². The second-order valence-electron chi connectivity index (χ2n) is 5.65. The molecule has 126 valence electrons. The lowest BCUT2D eigenvalue weighted by Crippen LogP contribution is -2.37. The second kappa shape index (κ2) is 6.17. The number of amides is 2. The first-order chi connectivity index (χ1) is 10.6. The number of nitrogen functional groups attached to an aromatic ring is 1. The Bertz CT molecular complexity index is 752. The Morgan fingerprint density at radius 3 is 2.00 bits per heavy atom. The third-order valence-corrected chi connectivity index (χ3v) is 5.45. The number of primary amides is 2. The van der Waals surface area contributed by atoms with E-state index in [1.165, 1.54) is 16.4 Å². The lowest BCUT2D eigenvalue weighted by atomic mass is 9.84. The molecule has 1 aliphatic heterocycles. The number of piperidine rings is 1. The largest absolute Gasteiger partial charge is 0.398 e. The molecule has 1 saturated heterocycles. The van der Waals surface area contributed by atoms with E-state index in [2.05, 4.69) is 0 Å². The first-order valence-corrected chi connectivity index (χ1v) is 8.95. The first kappa shape index (κ1) is 17.2. The highest BCUT2D eigenvalue weighted by Crippen LogP contribution is 2.36. The fourth-order valence-corrected chi connectivity index (χ4v) is 3.86. The number of rotatable bonds is 4. The summed E-state index contributed by atoms with van der Waals surface area (Å²) in [6.07, 6.45) is 2.13. The maximum atomic E-state index is 11.7. The van der Waals surface area contributed by atoms with Crippen LogP contribution >= 0.6 is 0 Å². The Morgan fingerprint density at radius 2 is 1.57 bits per heavy atom. The minimum Gasteiger partial charge on any atom is -0.398 e. The SMILES string of the molecule is CS(=O)(=O)N1CCC(c2c(C(N)=O)ccc(C(N)=O)c2N)CC1. The lowest BCUT2D eigenvalue weighted by Gasteiger charge is -2.32. The average molecular weight is 340 g/mol. The molecule has 1 aliphatic rings. The molecule has 6 N–H and O–H groups in total. The summed E-state index contributed by atoms with van der Waals surface area (Å²) in [6.45, 7) is 0.643. The van der Waals surface area contributed by atoms with Crippen LogP contribution < -0.4 is 17.2 Å². The van der Waals surface area contributed by atoms with E-state index in [1.54, 1.807) is 0 Å². The predicted octanol–water partition coefficient (Wildman–Crippen LogP) is -0.394. The molecule has 1 aromatic rings. The molecule has 0 aliphatic carbocycles. The van der Waals surface area contributed by atoms with E-state index in [1.807, 2.05) is 0 Å². The molecule has 0 aromatic heterocycles. The Balaban J connectivity index is 2.41. The minimum absolute atomic E-state index is 0.135. The van der Waals surface area contributed by atoms with Crippen LogP contribution in [-0.2, 0) is 10.0 Å². The standard InChI is InChI=1S/C14H20N4O4S/c1-23(21,22)18-6-4-8(5-7-18)11-9(13(16)19)2-3-10(12(11)15)14(17)20/h2-3,8H,4-7,15H2,1H3,(H2,16,19)(H2,17,20). The molecule has 8 nitrogen and oxygen atoms in total. The summed E-state index contributed by atoms with van der Waals surface area (Å²) in [5, 5.41) is 0. The maximum absolute atomic E-state index is 11.7. The van der Waals surface area contributed by atoms with Crippen molar-refractivity contribution < 1.29 is 18.0 Å². The van der Waals surface area contributed by atoms with E-state index < -0.39 is 21.8 Å². The first-order valence-electron chi connectivity index (χ1n) is 7.10. The van der Waals surface area contributed by atoms with Gasteiger partial charge in [-0.05, 0) is 36.5 Å². The number of nitrogens with zero attached hydrogens (tertiary/aromatic N) is 1. The number of hydrogen-bond donors (Lipinski definition) is 3. The van der Waals surface area contributed by atoms with Crippen LogP contribution in [0.15, 0.2) is 12.1 Å². The van der Waals surface area contributed by atoms with Crippen molar-refractivity contribution >= 4 is 27.5 Å². The number of hydrogen-bond acceptors (Lipinski definition) is 5. The molecule has 0 spiro atoms. The summed E-state index contributed by atoms with van der Waals surface area (Å²) in [6, 6.07) is 2.82. The molecule has 2 amide bonds. The van der Waals surface area contributed by atoms with Crippen molar-refractivity contribution in [2.24, 2.45) is 11.5 Å². The lowest BCUT2D eigenvalue weighted by molar-refractivity contribution is 0.0987. The third-order valence-electron chi connectivity index (χ3n) is 4.15. The van der Waals surface area contributed by atoms with Crippen LogP contribution in [0, 0.1) is 0 Å². The zero-order chi connectivity index (χ0) is 17.4. The van der Waals surface area contributed by atoms with Gasteiger partial charge in [-0.2, -0.15) is 0 Å². The molecular weight excluding hydrogens is 320 g/mol. The molecule has 0 saturated carbocycles. The number of carbonyl (C=O) groups is 2. The van der Waals surface area contributed by atoms with Crippen molar-refractivity contribution in [1.29, 1.82) is 0 Å². The van der Waals surface area contributed by atoms with Gasteiger partial charge in [0.25, 0.3) is 5.91 Å². The number of sulfonamides is 1. The van der Waals surface area contributed by atoms with Gasteiger partial charge < -0.3 is 17.2 Å². The number of nitrogens with two attached hydrogens (primary N) is 3. The third kappa shape index (κ3) is 3.45. The van der Waals surface area contributed by atoms with Gasteiger partial charge in [-0.3, -0.25) is 9.59 Å². The fourth-order valence-electron chi connectivity index (χ4n) is 2.98. The summed E-state index contributed by atoms with van der Waals surface area (Å²) in [5.41, 5.74) is 17.7. The van der Waals surface area contributed by atoms with Gasteiger partial charge >= 0.3 is 0 Å². The van der Waals surface area contributed by atoms with Crippen molar-refractivity contribution in [2.75, 3.05) is 25.1 Å². The van der Waals surface area contributed by atoms with E-state index in [-0.39, 0.29) is 22.7 Å². The highest BCUT2D eigenvalue weighted by Gasteiger charge is 2.30. The van der Waals surface area contributed by atoms with Crippen molar-refractivity contribution in [3.8, 4) is 0 Å². The average Bonchev–Trinajstić information content (AvgIpc) is 2.45. The molecule has 1 heterocycles. The van der Waals surface area contributed by atoms with Crippen LogP contribution in [0.2, 0.25) is 0 Å². The molecule has 23 heavy (non-hydrogen) atoms. The zero-order valence-corrected chi connectivity index (χ0v) is 13.6. The van der Waals surface area contributed by atoms with E-state index in [4.69, 9.17) is 17.2 Å². The quantitative estimate of drug-likeness (QED) is 0.638. The highest BCUT2D eigenvalue weighted by atomic mass is 32.2. The zero-order valence-electron chi connectivity index (χ0n) is 12.8. The van der Waals surface area contributed by atoms with Gasteiger partial charge in [-0.1, -0.05) is 0 Å². The van der Waals surface area contributed by atoms with Gasteiger partial charge in [0.1, 0.15) is 0 Å². The van der Waals surface area contributed by atoms with Crippen molar-refractivity contribution in [3.63, 3.8) is 0 Å². The smallest absolute Gasteiger partial charge is 0.250 e. The molecule has 1 fully saturated rings. The maximum Gasteiger partial charge on any atom is 0.250 e. The van der Waals surface area contributed by atoms with Gasteiger partial charge in [0, 0.05) is 24.3 Å². The molecule has 0 bridgehead atoms. The Morgan fingerprint density at radius 1 is 1.09 bits per heavy atom. The topological polar surface area (TPSA) is 150 Å². The van der Waals surface area contributed by atoms with Gasteiger partial charge in [-0.25, -0.2) is 12.7 Å². The van der Waals surface area contributed by atoms with Crippen LogP contribution in [0.5, 0.6) is 0 Å². The van der Waals surface area contributed by atoms with E-state index in [0.29, 0.717) is 31.5 Å². The molecule has 0 unspecified atom stereocenters. The highest BCUT2D eigenvalue weighted by molar-refractivity contribution is 7.88. The Labute approximate surface area is 134 Å². The van der Waals surface area contributed by atoms with Crippen molar-refractivity contribution in [2.45, 2.75) is 18.8 Å². The number of anilines is 1. The normalized spacial score (nSPS) is 17.1. The number of carbonyl (C=O) groups excluding carboxylic acids is 2. The van der Waals surface area contributed by atoms with E-state index in [0.717, 1.165) is 6.26 Å². The van der Waals surface area contributed by atoms with Crippen molar-refractivity contribution in [3.05, 3.63) is 28.8 Å². The van der Waals surface area contributed by atoms with Gasteiger partial charge in [0.05, 0.1) is 11.8 Å². The molecule has 1 aromatic carbocycles. The molecular formula is C14H20N4O4S. The summed E-state index contributed by atoms with van der Waals surface area (Å²) >= 11 is 0. The predicted molar refractivity (Wildman–Crippen MR) is 86.3 cm³/mol. The van der Waals surface area contributed by atoms with Crippen LogP contribution in [0.25, 0.3) is 0 Å². The monoisotopic (exact) mass is 340 g/mol. The fraction of sp³-hybridized carbons (Fsp3) is 0.429. The van der Waals surface area contributed by atoms with Crippen LogP contribution in [0.1, 0.15) is 45.0 Å². The molecule has 9 heteroatoms. The summed E-state index contributed by atoms with van der Waals surface area (Å²) < 4.78 is 24.5. The minimum atomic E-state index is -3.25.